The van der Waals surface area contributed by atoms with Crippen molar-refractivity contribution in [3.8, 4) is 5.75 Å². The third-order valence-corrected chi connectivity index (χ3v) is 4.02. The van der Waals surface area contributed by atoms with Crippen LogP contribution < -0.4 is 15.5 Å². The van der Waals surface area contributed by atoms with Crippen molar-refractivity contribution in [3.05, 3.63) is 58.1 Å². The van der Waals surface area contributed by atoms with E-state index >= 15 is 0 Å². The molecule has 0 bridgehead atoms. The van der Waals surface area contributed by atoms with Gasteiger partial charge in [0.15, 0.2) is 0 Å². The predicted molar refractivity (Wildman–Crippen MR) is 108 cm³/mol. The van der Waals surface area contributed by atoms with Gasteiger partial charge in [-0.1, -0.05) is 36.7 Å². The maximum atomic E-state index is 12.0. The fourth-order valence-corrected chi connectivity index (χ4v) is 2.57. The van der Waals surface area contributed by atoms with E-state index in [1.807, 2.05) is 39.0 Å². The second-order valence-corrected chi connectivity index (χ2v) is 6.37. The second kappa shape index (κ2) is 9.73. The normalized spacial score (nSPS) is 10.7. The quantitative estimate of drug-likeness (QED) is 0.449. The van der Waals surface area contributed by atoms with Crippen molar-refractivity contribution in [3.63, 3.8) is 0 Å². The Bertz CT molecular complexity index is 845. The van der Waals surface area contributed by atoms with E-state index in [1.54, 1.807) is 18.2 Å². The van der Waals surface area contributed by atoms with E-state index in [2.05, 4.69) is 15.8 Å². The van der Waals surface area contributed by atoms with Gasteiger partial charge in [0.05, 0.1) is 17.8 Å². The SMILES string of the molecule is CCCOc1ccc(/C=N\NC(=O)C(=O)Nc2c(C)cccc2C)cc1Cl. The number of rotatable bonds is 6. The molecule has 0 fully saturated rings. The largest absolute Gasteiger partial charge is 0.492 e. The van der Waals surface area contributed by atoms with Crippen molar-refractivity contribution in [1.29, 1.82) is 0 Å². The molecule has 0 spiro atoms. The molecule has 0 saturated heterocycles. The van der Waals surface area contributed by atoms with Crippen LogP contribution in [0.3, 0.4) is 0 Å². The predicted octanol–water partition coefficient (Wildman–Crippen LogP) is 3.83. The Morgan fingerprint density at radius 2 is 1.85 bits per heavy atom. The van der Waals surface area contributed by atoms with Gasteiger partial charge in [-0.3, -0.25) is 9.59 Å². The Kier molecular flexibility index (Phi) is 7.37. The van der Waals surface area contributed by atoms with Gasteiger partial charge in [-0.15, -0.1) is 0 Å². The second-order valence-electron chi connectivity index (χ2n) is 5.96. The number of nitrogens with zero attached hydrogens (tertiary/aromatic N) is 1. The number of para-hydroxylation sites is 1. The highest BCUT2D eigenvalue weighted by molar-refractivity contribution is 6.39. The highest BCUT2D eigenvalue weighted by atomic mass is 35.5. The number of amides is 2. The molecule has 0 heterocycles. The van der Waals surface area contributed by atoms with Crippen molar-refractivity contribution in [2.75, 3.05) is 11.9 Å². The lowest BCUT2D eigenvalue weighted by atomic mass is 10.1. The summed E-state index contributed by atoms with van der Waals surface area (Å²) in [6.45, 7) is 6.31. The maximum Gasteiger partial charge on any atom is 0.329 e. The van der Waals surface area contributed by atoms with Crippen LogP contribution in [0.2, 0.25) is 5.02 Å². The molecule has 27 heavy (non-hydrogen) atoms. The number of ether oxygens (including phenoxy) is 1. The Morgan fingerprint density at radius 1 is 1.15 bits per heavy atom. The molecule has 7 heteroatoms. The Morgan fingerprint density at radius 3 is 2.48 bits per heavy atom. The molecule has 0 radical (unpaired) electrons. The van der Waals surface area contributed by atoms with Gasteiger partial charge in [-0.2, -0.15) is 5.10 Å². The first-order chi connectivity index (χ1) is 12.9. The third kappa shape index (κ3) is 5.82. The van der Waals surface area contributed by atoms with Crippen molar-refractivity contribution >= 4 is 35.3 Å². The van der Waals surface area contributed by atoms with Gasteiger partial charge in [-0.05, 0) is 55.2 Å². The number of aryl methyl sites for hydroxylation is 2. The van der Waals surface area contributed by atoms with Crippen LogP contribution in [0, 0.1) is 13.8 Å². The molecule has 6 nitrogen and oxygen atoms in total. The molecule has 0 aromatic heterocycles. The smallest absolute Gasteiger partial charge is 0.329 e. The summed E-state index contributed by atoms with van der Waals surface area (Å²) in [5.41, 5.74) is 5.24. The lowest BCUT2D eigenvalue weighted by Gasteiger charge is -2.10. The zero-order valence-corrected chi connectivity index (χ0v) is 16.3. The fourth-order valence-electron chi connectivity index (χ4n) is 2.32. The average molecular weight is 388 g/mol. The molecule has 0 aliphatic heterocycles. The van der Waals surface area contributed by atoms with Gasteiger partial charge >= 0.3 is 11.8 Å². The number of carbonyl (C=O) groups is 2. The molecular formula is C20H22ClN3O3. The molecule has 2 aromatic rings. The lowest BCUT2D eigenvalue weighted by Crippen LogP contribution is -2.32. The molecule has 0 unspecified atom stereocenters. The van der Waals surface area contributed by atoms with Gasteiger partial charge in [-0.25, -0.2) is 5.43 Å². The standard InChI is InChI=1S/C20H22ClN3O3/c1-4-10-27-17-9-8-15(11-16(17)21)12-22-24-20(26)19(25)23-18-13(2)6-5-7-14(18)3/h5-9,11-12H,4,10H2,1-3H3,(H,23,25)(H,24,26)/b22-12-. The Balaban J connectivity index is 1.94. The molecule has 2 rings (SSSR count). The number of hydrogen-bond acceptors (Lipinski definition) is 4. The third-order valence-electron chi connectivity index (χ3n) is 3.72. The van der Waals surface area contributed by atoms with Gasteiger partial charge < -0.3 is 10.1 Å². The number of hydrazone groups is 1. The summed E-state index contributed by atoms with van der Waals surface area (Å²) in [5.74, 6) is -1.05. The number of nitrogens with one attached hydrogen (secondary N) is 2. The van der Waals surface area contributed by atoms with Crippen molar-refractivity contribution in [2.45, 2.75) is 27.2 Å². The first-order valence-electron chi connectivity index (χ1n) is 8.55. The maximum absolute atomic E-state index is 12.0. The lowest BCUT2D eigenvalue weighted by molar-refractivity contribution is -0.136. The molecule has 142 valence electrons. The van der Waals surface area contributed by atoms with Gasteiger partial charge in [0, 0.05) is 5.69 Å². The van der Waals surface area contributed by atoms with E-state index < -0.39 is 11.8 Å². The van der Waals surface area contributed by atoms with Crippen molar-refractivity contribution in [2.24, 2.45) is 5.10 Å². The average Bonchev–Trinajstić information content (AvgIpc) is 2.64. The Labute approximate surface area is 163 Å². The summed E-state index contributed by atoms with van der Waals surface area (Å²) >= 11 is 6.14. The van der Waals surface area contributed by atoms with Crippen molar-refractivity contribution < 1.29 is 14.3 Å². The number of halogens is 1. The van der Waals surface area contributed by atoms with Crippen LogP contribution in [-0.4, -0.2) is 24.6 Å². The first kappa shape index (κ1) is 20.5. The molecule has 0 aliphatic carbocycles. The molecule has 0 atom stereocenters. The summed E-state index contributed by atoms with van der Waals surface area (Å²) < 4.78 is 5.49. The summed E-state index contributed by atoms with van der Waals surface area (Å²) in [4.78, 5) is 23.9. The van der Waals surface area contributed by atoms with Crippen LogP contribution >= 0.6 is 11.6 Å². The van der Waals surface area contributed by atoms with Crippen LogP contribution in [0.1, 0.15) is 30.0 Å². The summed E-state index contributed by atoms with van der Waals surface area (Å²) in [7, 11) is 0. The van der Waals surface area contributed by atoms with Crippen LogP contribution in [-0.2, 0) is 9.59 Å². The molecule has 0 aliphatic rings. The monoisotopic (exact) mass is 387 g/mol. The first-order valence-corrected chi connectivity index (χ1v) is 8.93. The van der Waals surface area contributed by atoms with E-state index in [4.69, 9.17) is 16.3 Å². The minimum absolute atomic E-state index is 0.450. The molecule has 2 aromatic carbocycles. The summed E-state index contributed by atoms with van der Waals surface area (Å²) in [5, 5.41) is 6.85. The highest BCUT2D eigenvalue weighted by Crippen LogP contribution is 2.25. The van der Waals surface area contributed by atoms with Crippen LogP contribution in [0.5, 0.6) is 5.75 Å². The van der Waals surface area contributed by atoms with Crippen LogP contribution in [0.15, 0.2) is 41.5 Å². The van der Waals surface area contributed by atoms with Crippen molar-refractivity contribution in [1.82, 2.24) is 5.43 Å². The topological polar surface area (TPSA) is 79.8 Å². The molecule has 2 N–H and O–H groups in total. The zero-order chi connectivity index (χ0) is 19.8. The molecular weight excluding hydrogens is 366 g/mol. The van der Waals surface area contributed by atoms with E-state index in [9.17, 15) is 9.59 Å². The van der Waals surface area contributed by atoms with E-state index in [0.717, 1.165) is 17.5 Å². The van der Waals surface area contributed by atoms with Gasteiger partial charge in [0.2, 0.25) is 0 Å². The number of hydrogen-bond donors (Lipinski definition) is 2. The summed E-state index contributed by atoms with van der Waals surface area (Å²) in [6.07, 6.45) is 2.29. The van der Waals surface area contributed by atoms with Gasteiger partial charge in [0.25, 0.3) is 0 Å². The van der Waals surface area contributed by atoms with Gasteiger partial charge in [0.1, 0.15) is 5.75 Å². The zero-order valence-electron chi connectivity index (χ0n) is 15.5. The highest BCUT2D eigenvalue weighted by Gasteiger charge is 2.15. The van der Waals surface area contributed by atoms with E-state index in [0.29, 0.717) is 28.6 Å². The fraction of sp³-hybridized carbons (Fsp3) is 0.250. The van der Waals surface area contributed by atoms with E-state index in [1.165, 1.54) is 6.21 Å². The van der Waals surface area contributed by atoms with E-state index in [-0.39, 0.29) is 0 Å². The summed E-state index contributed by atoms with van der Waals surface area (Å²) in [6, 6.07) is 10.7. The Hall–Kier alpha value is -2.86. The minimum atomic E-state index is -0.858. The van der Waals surface area contributed by atoms with Crippen LogP contribution in [0.4, 0.5) is 5.69 Å². The minimum Gasteiger partial charge on any atom is -0.492 e. The number of anilines is 1. The van der Waals surface area contributed by atoms with Crippen LogP contribution in [0.25, 0.3) is 0 Å². The number of carbonyl (C=O) groups excluding carboxylic acids is 2. The number of benzene rings is 2. The molecule has 2 amide bonds. The molecule has 0 saturated carbocycles.